The molecule has 1 aromatic rings. The third-order valence-electron chi connectivity index (χ3n) is 2.53. The SMILES string of the molecule is COCc1ccccc1C=C(CC(C)C)[N+](=O)[O-]. The molecule has 0 spiro atoms. The van der Waals surface area contributed by atoms with Crippen LogP contribution in [0.4, 0.5) is 0 Å². The number of hydrogen-bond donors (Lipinski definition) is 0. The van der Waals surface area contributed by atoms with Crippen LogP contribution < -0.4 is 0 Å². The molecular weight excluding hydrogens is 230 g/mol. The molecule has 0 aromatic heterocycles. The van der Waals surface area contributed by atoms with Gasteiger partial charge in [-0.25, -0.2) is 0 Å². The zero-order valence-corrected chi connectivity index (χ0v) is 11.1. The maximum atomic E-state index is 11.0. The second kappa shape index (κ2) is 6.91. The van der Waals surface area contributed by atoms with Crippen molar-refractivity contribution in [1.82, 2.24) is 0 Å². The number of methoxy groups -OCH3 is 1. The van der Waals surface area contributed by atoms with Crippen LogP contribution >= 0.6 is 0 Å². The van der Waals surface area contributed by atoms with Crippen molar-refractivity contribution in [2.24, 2.45) is 5.92 Å². The molecule has 0 amide bonds. The normalized spacial score (nSPS) is 11.9. The Labute approximate surface area is 107 Å². The lowest BCUT2D eigenvalue weighted by Gasteiger charge is -2.06. The van der Waals surface area contributed by atoms with E-state index in [1.54, 1.807) is 13.2 Å². The van der Waals surface area contributed by atoms with E-state index in [2.05, 4.69) is 0 Å². The van der Waals surface area contributed by atoms with Crippen LogP contribution in [0.15, 0.2) is 30.0 Å². The number of nitrogens with zero attached hydrogens (tertiary/aromatic N) is 1. The van der Waals surface area contributed by atoms with Crippen molar-refractivity contribution in [2.45, 2.75) is 26.9 Å². The van der Waals surface area contributed by atoms with E-state index in [9.17, 15) is 10.1 Å². The van der Waals surface area contributed by atoms with E-state index < -0.39 is 0 Å². The first-order valence-electron chi connectivity index (χ1n) is 5.96. The Kier molecular flexibility index (Phi) is 5.52. The highest BCUT2D eigenvalue weighted by Crippen LogP contribution is 2.18. The summed E-state index contributed by atoms with van der Waals surface area (Å²) in [4.78, 5) is 10.7. The van der Waals surface area contributed by atoms with Crippen LogP contribution in [-0.2, 0) is 11.3 Å². The minimum absolute atomic E-state index is 0.244. The topological polar surface area (TPSA) is 52.4 Å². The summed E-state index contributed by atoms with van der Waals surface area (Å²) in [6.07, 6.45) is 2.11. The van der Waals surface area contributed by atoms with Crippen LogP contribution in [-0.4, -0.2) is 12.0 Å². The summed E-state index contributed by atoms with van der Waals surface area (Å²) in [5.41, 5.74) is 2.06. The Morgan fingerprint density at radius 3 is 2.67 bits per heavy atom. The number of hydrogen-bond acceptors (Lipinski definition) is 3. The summed E-state index contributed by atoms with van der Waals surface area (Å²) in [7, 11) is 1.61. The second-order valence-electron chi connectivity index (χ2n) is 4.62. The van der Waals surface area contributed by atoms with E-state index in [1.807, 2.05) is 38.1 Å². The third-order valence-corrected chi connectivity index (χ3v) is 2.53. The first-order valence-corrected chi connectivity index (χ1v) is 5.96. The summed E-state index contributed by atoms with van der Waals surface area (Å²) in [6.45, 7) is 4.40. The molecule has 4 nitrogen and oxygen atoms in total. The molecule has 0 atom stereocenters. The average molecular weight is 249 g/mol. The van der Waals surface area contributed by atoms with Gasteiger partial charge in [0.15, 0.2) is 0 Å². The molecule has 0 heterocycles. The molecule has 1 rings (SSSR count). The summed E-state index contributed by atoms with van der Waals surface area (Å²) in [5.74, 6) is 0.260. The Hall–Kier alpha value is -1.68. The zero-order chi connectivity index (χ0) is 13.5. The van der Waals surface area contributed by atoms with Crippen molar-refractivity contribution in [1.29, 1.82) is 0 Å². The molecular formula is C14H19NO3. The maximum absolute atomic E-state index is 11.0. The van der Waals surface area contributed by atoms with Crippen LogP contribution in [0.1, 0.15) is 31.4 Å². The summed E-state index contributed by atoms with van der Waals surface area (Å²) >= 11 is 0. The van der Waals surface area contributed by atoms with Gasteiger partial charge in [0.2, 0.25) is 5.70 Å². The molecule has 0 saturated heterocycles. The summed E-state index contributed by atoms with van der Waals surface area (Å²) < 4.78 is 5.09. The fraction of sp³-hybridized carbons (Fsp3) is 0.429. The smallest absolute Gasteiger partial charge is 0.247 e. The van der Waals surface area contributed by atoms with Gasteiger partial charge in [0.1, 0.15) is 0 Å². The highest BCUT2D eigenvalue weighted by molar-refractivity contribution is 5.55. The van der Waals surface area contributed by atoms with Crippen molar-refractivity contribution < 1.29 is 9.66 Å². The lowest BCUT2D eigenvalue weighted by Crippen LogP contribution is -2.03. The Balaban J connectivity index is 3.07. The monoisotopic (exact) mass is 249 g/mol. The first kappa shape index (κ1) is 14.4. The number of nitro groups is 1. The predicted molar refractivity (Wildman–Crippen MR) is 71.6 cm³/mol. The molecule has 0 aliphatic heterocycles. The minimum atomic E-state index is -0.302. The zero-order valence-electron chi connectivity index (χ0n) is 11.1. The highest BCUT2D eigenvalue weighted by atomic mass is 16.6. The lowest BCUT2D eigenvalue weighted by molar-refractivity contribution is -0.427. The molecule has 0 radical (unpaired) electrons. The van der Waals surface area contributed by atoms with Gasteiger partial charge in [-0.2, -0.15) is 0 Å². The van der Waals surface area contributed by atoms with Gasteiger partial charge in [-0.05, 0) is 17.0 Å². The average Bonchev–Trinajstić information content (AvgIpc) is 2.30. The molecule has 0 N–H and O–H groups in total. The molecule has 0 unspecified atom stereocenters. The van der Waals surface area contributed by atoms with Crippen molar-refractivity contribution in [3.05, 3.63) is 51.2 Å². The Morgan fingerprint density at radius 2 is 2.11 bits per heavy atom. The van der Waals surface area contributed by atoms with Crippen molar-refractivity contribution in [3.8, 4) is 0 Å². The quantitative estimate of drug-likeness (QED) is 0.572. The number of ether oxygens (including phenoxy) is 1. The van der Waals surface area contributed by atoms with E-state index in [0.717, 1.165) is 11.1 Å². The largest absolute Gasteiger partial charge is 0.380 e. The molecule has 1 aromatic carbocycles. The standard InChI is InChI=1S/C14H19NO3/c1-11(2)8-14(15(16)17)9-12-6-4-5-7-13(12)10-18-3/h4-7,9,11H,8,10H2,1-3H3. The van der Waals surface area contributed by atoms with Gasteiger partial charge in [0, 0.05) is 19.6 Å². The fourth-order valence-electron chi connectivity index (χ4n) is 1.75. The second-order valence-corrected chi connectivity index (χ2v) is 4.62. The lowest BCUT2D eigenvalue weighted by atomic mass is 10.0. The van der Waals surface area contributed by atoms with E-state index >= 15 is 0 Å². The van der Waals surface area contributed by atoms with E-state index in [0.29, 0.717) is 13.0 Å². The molecule has 0 bridgehead atoms. The Morgan fingerprint density at radius 1 is 1.44 bits per heavy atom. The molecule has 0 saturated carbocycles. The Bertz CT molecular complexity index is 438. The van der Waals surface area contributed by atoms with Gasteiger partial charge in [-0.3, -0.25) is 10.1 Å². The van der Waals surface area contributed by atoms with Crippen LogP contribution in [0, 0.1) is 16.0 Å². The first-order chi connectivity index (χ1) is 8.54. The van der Waals surface area contributed by atoms with E-state index in [-0.39, 0.29) is 16.5 Å². The molecule has 18 heavy (non-hydrogen) atoms. The van der Waals surface area contributed by atoms with E-state index in [1.165, 1.54) is 0 Å². The molecule has 98 valence electrons. The molecule has 0 fully saturated rings. The van der Waals surface area contributed by atoms with Gasteiger partial charge in [-0.15, -0.1) is 0 Å². The fourth-order valence-corrected chi connectivity index (χ4v) is 1.75. The number of allylic oxidation sites excluding steroid dienone is 1. The number of benzene rings is 1. The van der Waals surface area contributed by atoms with Crippen molar-refractivity contribution >= 4 is 6.08 Å². The van der Waals surface area contributed by atoms with Crippen LogP contribution in [0.25, 0.3) is 6.08 Å². The molecule has 4 heteroatoms. The highest BCUT2D eigenvalue weighted by Gasteiger charge is 2.13. The van der Waals surface area contributed by atoms with E-state index in [4.69, 9.17) is 4.74 Å². The van der Waals surface area contributed by atoms with Gasteiger partial charge >= 0.3 is 0 Å². The van der Waals surface area contributed by atoms with Gasteiger partial charge in [0.25, 0.3) is 0 Å². The van der Waals surface area contributed by atoms with Gasteiger partial charge in [0.05, 0.1) is 11.5 Å². The van der Waals surface area contributed by atoms with Crippen LogP contribution in [0.3, 0.4) is 0 Å². The van der Waals surface area contributed by atoms with Gasteiger partial charge < -0.3 is 4.74 Å². The van der Waals surface area contributed by atoms with Crippen molar-refractivity contribution in [3.63, 3.8) is 0 Å². The predicted octanol–water partition coefficient (Wildman–Crippen LogP) is 3.50. The van der Waals surface area contributed by atoms with Crippen LogP contribution in [0.5, 0.6) is 0 Å². The minimum Gasteiger partial charge on any atom is -0.380 e. The molecule has 0 aliphatic carbocycles. The molecule has 0 aliphatic rings. The van der Waals surface area contributed by atoms with Crippen LogP contribution in [0.2, 0.25) is 0 Å². The summed E-state index contributed by atoms with van der Waals surface area (Å²) in [5, 5.41) is 11.0. The van der Waals surface area contributed by atoms with Crippen molar-refractivity contribution in [2.75, 3.05) is 7.11 Å². The third kappa shape index (κ3) is 4.30. The summed E-state index contributed by atoms with van der Waals surface area (Å²) in [6, 6.07) is 7.57. The maximum Gasteiger partial charge on any atom is 0.247 e. The number of rotatable bonds is 6. The van der Waals surface area contributed by atoms with Gasteiger partial charge in [-0.1, -0.05) is 38.1 Å².